The number of hydrogen-bond acceptors (Lipinski definition) is 2. The molecule has 0 aliphatic rings. The zero-order valence-corrected chi connectivity index (χ0v) is 19.7. The minimum absolute atomic E-state index is 0.216. The van der Waals surface area contributed by atoms with Gasteiger partial charge in [0.25, 0.3) is 0 Å². The molecular formula is C25H48O4. The van der Waals surface area contributed by atoms with E-state index in [2.05, 4.69) is 27.7 Å². The van der Waals surface area contributed by atoms with Crippen LogP contribution >= 0.6 is 0 Å². The van der Waals surface area contributed by atoms with Gasteiger partial charge in [0.15, 0.2) is 0 Å². The number of carboxylic acid groups (broad SMARTS) is 2. The van der Waals surface area contributed by atoms with Crippen LogP contribution in [-0.4, -0.2) is 22.2 Å². The van der Waals surface area contributed by atoms with E-state index in [-0.39, 0.29) is 18.3 Å². The van der Waals surface area contributed by atoms with E-state index in [1.54, 1.807) is 0 Å². The van der Waals surface area contributed by atoms with Gasteiger partial charge >= 0.3 is 11.9 Å². The number of aliphatic carboxylic acids is 2. The number of hydrogen-bond donors (Lipinski definition) is 2. The van der Waals surface area contributed by atoms with Crippen LogP contribution in [0.3, 0.4) is 0 Å². The Morgan fingerprint density at radius 3 is 1.55 bits per heavy atom. The first-order valence-electron chi connectivity index (χ1n) is 12.4. The molecule has 0 rings (SSSR count). The predicted molar refractivity (Wildman–Crippen MR) is 121 cm³/mol. The molecule has 2 atom stereocenters. The molecule has 0 aromatic heterocycles. The van der Waals surface area contributed by atoms with Gasteiger partial charge in [-0.3, -0.25) is 9.59 Å². The highest BCUT2D eigenvalue weighted by atomic mass is 16.4. The van der Waals surface area contributed by atoms with E-state index in [9.17, 15) is 14.7 Å². The highest BCUT2D eigenvalue weighted by molar-refractivity contribution is 5.75. The van der Waals surface area contributed by atoms with Crippen LogP contribution in [0.2, 0.25) is 0 Å². The highest BCUT2D eigenvalue weighted by Crippen LogP contribution is 2.48. The van der Waals surface area contributed by atoms with Gasteiger partial charge in [0.05, 0.1) is 5.41 Å². The molecule has 0 fully saturated rings. The van der Waals surface area contributed by atoms with Crippen LogP contribution in [0.4, 0.5) is 0 Å². The van der Waals surface area contributed by atoms with Crippen LogP contribution in [-0.2, 0) is 9.59 Å². The molecule has 4 heteroatoms. The fraction of sp³-hybridized carbons (Fsp3) is 0.920. The topological polar surface area (TPSA) is 74.6 Å². The smallest absolute Gasteiger partial charge is 0.310 e. The average Bonchev–Trinajstić information content (AvgIpc) is 2.69. The van der Waals surface area contributed by atoms with Crippen molar-refractivity contribution in [2.75, 3.05) is 0 Å². The third-order valence-corrected chi connectivity index (χ3v) is 6.88. The summed E-state index contributed by atoms with van der Waals surface area (Å²) in [6, 6.07) is 0. The van der Waals surface area contributed by atoms with Crippen LogP contribution in [0.1, 0.15) is 130 Å². The Morgan fingerprint density at radius 1 is 0.690 bits per heavy atom. The summed E-state index contributed by atoms with van der Waals surface area (Å²) in [5.74, 6) is -0.863. The summed E-state index contributed by atoms with van der Waals surface area (Å²) in [5.41, 5.74) is -0.627. The normalized spacial score (nSPS) is 15.6. The largest absolute Gasteiger partial charge is 0.481 e. The van der Waals surface area contributed by atoms with Crippen LogP contribution in [0.5, 0.6) is 0 Å². The number of carbonyl (C=O) groups is 2. The van der Waals surface area contributed by atoms with E-state index in [0.717, 1.165) is 77.0 Å². The molecule has 2 unspecified atom stereocenters. The van der Waals surface area contributed by atoms with E-state index < -0.39 is 17.4 Å². The SMILES string of the molecule is CCCCCC(CC)C(CCCCCCC(=O)O)(C(=O)O)C(CC)CCCCC. The second kappa shape index (κ2) is 16.7. The molecule has 2 N–H and O–H groups in total. The van der Waals surface area contributed by atoms with Crippen molar-refractivity contribution in [1.82, 2.24) is 0 Å². The Bertz CT molecular complexity index is 415. The van der Waals surface area contributed by atoms with Gasteiger partial charge < -0.3 is 10.2 Å². The van der Waals surface area contributed by atoms with E-state index in [1.807, 2.05) is 0 Å². The molecule has 0 aromatic carbocycles. The maximum absolute atomic E-state index is 12.8. The van der Waals surface area contributed by atoms with Crippen molar-refractivity contribution >= 4 is 11.9 Å². The lowest BCUT2D eigenvalue weighted by molar-refractivity contribution is -0.160. The third-order valence-electron chi connectivity index (χ3n) is 6.88. The van der Waals surface area contributed by atoms with Crippen LogP contribution < -0.4 is 0 Å². The number of rotatable bonds is 20. The van der Waals surface area contributed by atoms with Gasteiger partial charge in [-0.1, -0.05) is 98.3 Å². The Hall–Kier alpha value is -1.06. The second-order valence-electron chi connectivity index (χ2n) is 8.86. The maximum atomic E-state index is 12.8. The van der Waals surface area contributed by atoms with Crippen molar-refractivity contribution in [1.29, 1.82) is 0 Å². The molecule has 0 aromatic rings. The summed E-state index contributed by atoms with van der Waals surface area (Å²) in [5, 5.41) is 19.3. The van der Waals surface area contributed by atoms with Crippen LogP contribution in [0.25, 0.3) is 0 Å². The van der Waals surface area contributed by atoms with Crippen molar-refractivity contribution in [3.05, 3.63) is 0 Å². The van der Waals surface area contributed by atoms with Crippen molar-refractivity contribution in [3.63, 3.8) is 0 Å². The van der Waals surface area contributed by atoms with Gasteiger partial charge in [0.2, 0.25) is 0 Å². The standard InChI is InChI=1S/C25H48O4/c1-5-9-13-17-21(7-3)25(24(28)29,22(8-4)18-14-10-6-2)20-16-12-11-15-19-23(26)27/h21-22H,5-20H2,1-4H3,(H,26,27)(H,28,29). The van der Waals surface area contributed by atoms with Crippen LogP contribution in [0.15, 0.2) is 0 Å². The molecule has 4 nitrogen and oxygen atoms in total. The first-order chi connectivity index (χ1) is 13.9. The zero-order chi connectivity index (χ0) is 22.1. The van der Waals surface area contributed by atoms with Crippen molar-refractivity contribution in [2.45, 2.75) is 130 Å². The van der Waals surface area contributed by atoms with Crippen molar-refractivity contribution in [3.8, 4) is 0 Å². The summed E-state index contributed by atoms with van der Waals surface area (Å²) in [6.07, 6.45) is 15.1. The summed E-state index contributed by atoms with van der Waals surface area (Å²) in [6.45, 7) is 8.73. The van der Waals surface area contributed by atoms with Gasteiger partial charge in [-0.15, -0.1) is 0 Å². The molecule has 0 heterocycles. The van der Waals surface area contributed by atoms with Crippen molar-refractivity contribution < 1.29 is 19.8 Å². The molecule has 0 spiro atoms. The van der Waals surface area contributed by atoms with E-state index >= 15 is 0 Å². The van der Waals surface area contributed by atoms with E-state index in [4.69, 9.17) is 5.11 Å². The average molecular weight is 413 g/mol. The lowest BCUT2D eigenvalue weighted by Crippen LogP contribution is -2.45. The molecule has 0 aliphatic carbocycles. The molecule has 0 aliphatic heterocycles. The van der Waals surface area contributed by atoms with Gasteiger partial charge in [-0.05, 0) is 37.5 Å². The molecule has 0 saturated carbocycles. The Balaban J connectivity index is 5.38. The van der Waals surface area contributed by atoms with Gasteiger partial charge in [-0.25, -0.2) is 0 Å². The highest BCUT2D eigenvalue weighted by Gasteiger charge is 2.48. The van der Waals surface area contributed by atoms with E-state index in [0.29, 0.717) is 6.42 Å². The lowest BCUT2D eigenvalue weighted by atomic mass is 9.59. The second-order valence-corrected chi connectivity index (χ2v) is 8.86. The minimum Gasteiger partial charge on any atom is -0.481 e. The summed E-state index contributed by atoms with van der Waals surface area (Å²) in [4.78, 5) is 23.5. The molecule has 29 heavy (non-hydrogen) atoms. The van der Waals surface area contributed by atoms with Gasteiger partial charge in [0.1, 0.15) is 0 Å². The molecule has 172 valence electrons. The monoisotopic (exact) mass is 412 g/mol. The first kappa shape index (κ1) is 27.9. The third kappa shape index (κ3) is 10.00. The Morgan fingerprint density at radius 2 is 1.17 bits per heavy atom. The molecule has 0 radical (unpaired) electrons. The minimum atomic E-state index is -0.742. The van der Waals surface area contributed by atoms with E-state index in [1.165, 1.54) is 12.8 Å². The number of unbranched alkanes of at least 4 members (excludes halogenated alkanes) is 7. The van der Waals surface area contributed by atoms with Gasteiger partial charge in [0, 0.05) is 6.42 Å². The lowest BCUT2D eigenvalue weighted by Gasteiger charge is -2.43. The zero-order valence-electron chi connectivity index (χ0n) is 19.7. The van der Waals surface area contributed by atoms with Crippen molar-refractivity contribution in [2.24, 2.45) is 17.3 Å². The maximum Gasteiger partial charge on any atom is 0.310 e. The fourth-order valence-electron chi connectivity index (χ4n) is 5.18. The molecular weight excluding hydrogens is 364 g/mol. The quantitative estimate of drug-likeness (QED) is 0.201. The summed E-state index contributed by atoms with van der Waals surface area (Å²) < 4.78 is 0. The Kier molecular flexibility index (Phi) is 16.1. The number of carboxylic acids is 2. The summed E-state index contributed by atoms with van der Waals surface area (Å²) in [7, 11) is 0. The van der Waals surface area contributed by atoms with Gasteiger partial charge in [-0.2, -0.15) is 0 Å². The molecule has 0 amide bonds. The molecule has 0 saturated heterocycles. The fourth-order valence-corrected chi connectivity index (χ4v) is 5.18. The first-order valence-corrected chi connectivity index (χ1v) is 12.4. The molecule has 0 bridgehead atoms. The predicted octanol–water partition coefficient (Wildman–Crippen LogP) is 7.70. The summed E-state index contributed by atoms with van der Waals surface area (Å²) >= 11 is 0. The Labute approximate surface area is 179 Å². The van der Waals surface area contributed by atoms with Crippen LogP contribution in [0, 0.1) is 17.3 Å².